The summed E-state index contributed by atoms with van der Waals surface area (Å²) in [7, 11) is 0. The average Bonchev–Trinajstić information content (AvgIpc) is 2.57. The molecule has 70 valence electrons. The first-order valence-corrected chi connectivity index (χ1v) is 4.60. The monoisotopic (exact) mass is 178 g/mol. The highest BCUT2D eigenvalue weighted by atomic mass is 15.1. The Morgan fingerprint density at radius 1 is 1.54 bits per heavy atom. The van der Waals surface area contributed by atoms with Crippen molar-refractivity contribution in [3.8, 4) is 0 Å². The molecule has 1 aromatic heterocycles. The second-order valence-electron chi connectivity index (χ2n) is 3.38. The number of rotatable bonds is 2. The van der Waals surface area contributed by atoms with Crippen LogP contribution in [-0.2, 0) is 0 Å². The summed E-state index contributed by atoms with van der Waals surface area (Å²) >= 11 is 0. The van der Waals surface area contributed by atoms with Crippen molar-refractivity contribution in [1.82, 2.24) is 15.3 Å². The van der Waals surface area contributed by atoms with Gasteiger partial charge in [0.2, 0.25) is 0 Å². The molecule has 0 saturated carbocycles. The van der Waals surface area contributed by atoms with Crippen LogP contribution < -0.4 is 10.6 Å². The second kappa shape index (κ2) is 3.70. The fourth-order valence-electron chi connectivity index (χ4n) is 1.52. The zero-order valence-electron chi connectivity index (χ0n) is 7.75. The summed E-state index contributed by atoms with van der Waals surface area (Å²) < 4.78 is 0. The Balaban J connectivity index is 2.00. The van der Waals surface area contributed by atoms with Gasteiger partial charge >= 0.3 is 0 Å². The van der Waals surface area contributed by atoms with Gasteiger partial charge in [-0.2, -0.15) is 0 Å². The maximum Gasteiger partial charge on any atom is 0.129 e. The van der Waals surface area contributed by atoms with Crippen LogP contribution in [-0.4, -0.2) is 29.1 Å². The van der Waals surface area contributed by atoms with Gasteiger partial charge in [-0.1, -0.05) is 0 Å². The van der Waals surface area contributed by atoms with Gasteiger partial charge in [-0.15, -0.1) is 0 Å². The molecule has 13 heavy (non-hydrogen) atoms. The van der Waals surface area contributed by atoms with Gasteiger partial charge in [-0.3, -0.25) is 0 Å². The molecular formula is C9H14N4. The van der Waals surface area contributed by atoms with Gasteiger partial charge in [0, 0.05) is 24.3 Å². The third-order valence-corrected chi connectivity index (χ3v) is 2.22. The standard InChI is InChI=1S/C9H14N4/c1-7-4-9(12-6-11-7)13-8-2-3-10-5-8/h4,6,8,10H,2-3,5H2,1H3,(H,11,12,13). The largest absolute Gasteiger partial charge is 0.366 e. The SMILES string of the molecule is Cc1cc(NC2CCNC2)ncn1. The van der Waals surface area contributed by atoms with Gasteiger partial charge in [0.15, 0.2) is 0 Å². The van der Waals surface area contributed by atoms with Gasteiger partial charge in [0.1, 0.15) is 12.1 Å². The van der Waals surface area contributed by atoms with E-state index in [1.54, 1.807) is 6.33 Å². The molecule has 1 aliphatic rings. The Kier molecular flexibility index (Phi) is 2.40. The van der Waals surface area contributed by atoms with Crippen molar-refractivity contribution in [2.24, 2.45) is 0 Å². The second-order valence-corrected chi connectivity index (χ2v) is 3.38. The Labute approximate surface area is 77.8 Å². The normalized spacial score (nSPS) is 21.8. The summed E-state index contributed by atoms with van der Waals surface area (Å²) in [6, 6.07) is 2.49. The predicted octanol–water partition coefficient (Wildman–Crippen LogP) is 0.559. The molecule has 1 aromatic rings. The molecule has 0 radical (unpaired) electrons. The van der Waals surface area contributed by atoms with E-state index in [4.69, 9.17) is 0 Å². The van der Waals surface area contributed by atoms with E-state index in [0.29, 0.717) is 6.04 Å². The van der Waals surface area contributed by atoms with Crippen LogP contribution in [0.3, 0.4) is 0 Å². The van der Waals surface area contributed by atoms with Crippen LogP contribution in [0.4, 0.5) is 5.82 Å². The van der Waals surface area contributed by atoms with Crippen LogP contribution in [0.1, 0.15) is 12.1 Å². The Morgan fingerprint density at radius 3 is 3.15 bits per heavy atom. The molecule has 1 unspecified atom stereocenters. The van der Waals surface area contributed by atoms with Crippen LogP contribution in [0.25, 0.3) is 0 Å². The van der Waals surface area contributed by atoms with E-state index in [1.165, 1.54) is 6.42 Å². The minimum atomic E-state index is 0.522. The molecule has 0 amide bonds. The van der Waals surface area contributed by atoms with Crippen molar-refractivity contribution in [1.29, 1.82) is 0 Å². The average molecular weight is 178 g/mol. The maximum atomic E-state index is 4.15. The lowest BCUT2D eigenvalue weighted by molar-refractivity contribution is 0.786. The number of hydrogen-bond acceptors (Lipinski definition) is 4. The first kappa shape index (κ1) is 8.44. The highest BCUT2D eigenvalue weighted by Crippen LogP contribution is 2.08. The van der Waals surface area contributed by atoms with Crippen LogP contribution in [0, 0.1) is 6.92 Å². The van der Waals surface area contributed by atoms with Crippen LogP contribution in [0.2, 0.25) is 0 Å². The van der Waals surface area contributed by atoms with Crippen LogP contribution in [0.15, 0.2) is 12.4 Å². The van der Waals surface area contributed by atoms with Gasteiger partial charge in [0.05, 0.1) is 0 Å². The molecule has 2 rings (SSSR count). The molecule has 0 aromatic carbocycles. The molecule has 0 aliphatic carbocycles. The van der Waals surface area contributed by atoms with Crippen molar-refractivity contribution in [3.63, 3.8) is 0 Å². The molecule has 2 heterocycles. The van der Waals surface area contributed by atoms with E-state index in [0.717, 1.165) is 24.6 Å². The van der Waals surface area contributed by atoms with Crippen molar-refractivity contribution in [2.45, 2.75) is 19.4 Å². The van der Waals surface area contributed by atoms with Crippen molar-refractivity contribution in [2.75, 3.05) is 18.4 Å². The fraction of sp³-hybridized carbons (Fsp3) is 0.556. The van der Waals surface area contributed by atoms with Gasteiger partial charge < -0.3 is 10.6 Å². The van der Waals surface area contributed by atoms with E-state index in [1.807, 2.05) is 13.0 Å². The molecule has 0 bridgehead atoms. The highest BCUT2D eigenvalue weighted by molar-refractivity contribution is 5.35. The minimum absolute atomic E-state index is 0.522. The van der Waals surface area contributed by atoms with Gasteiger partial charge in [0.25, 0.3) is 0 Å². The number of aryl methyl sites for hydroxylation is 1. The lowest BCUT2D eigenvalue weighted by atomic mass is 10.2. The number of hydrogen-bond donors (Lipinski definition) is 2. The lowest BCUT2D eigenvalue weighted by Gasteiger charge is -2.11. The molecule has 4 nitrogen and oxygen atoms in total. The van der Waals surface area contributed by atoms with E-state index in [9.17, 15) is 0 Å². The van der Waals surface area contributed by atoms with E-state index < -0.39 is 0 Å². The van der Waals surface area contributed by atoms with Crippen molar-refractivity contribution >= 4 is 5.82 Å². The first-order valence-electron chi connectivity index (χ1n) is 4.60. The van der Waals surface area contributed by atoms with Crippen molar-refractivity contribution in [3.05, 3.63) is 18.1 Å². The molecule has 1 atom stereocenters. The summed E-state index contributed by atoms with van der Waals surface area (Å²) in [5.41, 5.74) is 1.00. The number of anilines is 1. The predicted molar refractivity (Wildman–Crippen MR) is 51.7 cm³/mol. The lowest BCUT2D eigenvalue weighted by Crippen LogP contribution is -2.22. The Hall–Kier alpha value is -1.16. The van der Waals surface area contributed by atoms with E-state index >= 15 is 0 Å². The maximum absolute atomic E-state index is 4.15. The van der Waals surface area contributed by atoms with Crippen LogP contribution in [0.5, 0.6) is 0 Å². The molecule has 4 heteroatoms. The van der Waals surface area contributed by atoms with Crippen molar-refractivity contribution < 1.29 is 0 Å². The van der Waals surface area contributed by atoms with Gasteiger partial charge in [-0.25, -0.2) is 9.97 Å². The molecule has 2 N–H and O–H groups in total. The zero-order chi connectivity index (χ0) is 9.10. The summed E-state index contributed by atoms with van der Waals surface area (Å²) in [5.74, 6) is 0.932. The first-order chi connectivity index (χ1) is 6.34. The third kappa shape index (κ3) is 2.15. The van der Waals surface area contributed by atoms with E-state index in [2.05, 4.69) is 20.6 Å². The van der Waals surface area contributed by atoms with Gasteiger partial charge in [-0.05, 0) is 19.9 Å². The topological polar surface area (TPSA) is 49.8 Å². The third-order valence-electron chi connectivity index (χ3n) is 2.22. The molecule has 1 aliphatic heterocycles. The number of nitrogens with one attached hydrogen (secondary N) is 2. The molecular weight excluding hydrogens is 164 g/mol. The molecule has 1 saturated heterocycles. The quantitative estimate of drug-likeness (QED) is 0.694. The highest BCUT2D eigenvalue weighted by Gasteiger charge is 2.13. The summed E-state index contributed by atoms with van der Waals surface area (Å²) in [4.78, 5) is 8.20. The summed E-state index contributed by atoms with van der Waals surface area (Å²) in [6.45, 7) is 4.10. The zero-order valence-corrected chi connectivity index (χ0v) is 7.75. The summed E-state index contributed by atoms with van der Waals surface area (Å²) in [5, 5.41) is 6.67. The van der Waals surface area contributed by atoms with Crippen LogP contribution >= 0.6 is 0 Å². The number of aromatic nitrogens is 2. The smallest absolute Gasteiger partial charge is 0.129 e. The minimum Gasteiger partial charge on any atom is -0.366 e. The Bertz CT molecular complexity index is 281. The summed E-state index contributed by atoms with van der Waals surface area (Å²) in [6.07, 6.45) is 2.77. The molecule has 0 spiro atoms. The number of nitrogens with zero attached hydrogens (tertiary/aromatic N) is 2. The van der Waals surface area contributed by atoms with E-state index in [-0.39, 0.29) is 0 Å². The Morgan fingerprint density at radius 2 is 2.46 bits per heavy atom. The molecule has 1 fully saturated rings. The fourth-order valence-corrected chi connectivity index (χ4v) is 1.52.